The van der Waals surface area contributed by atoms with Gasteiger partial charge >= 0.3 is 0 Å². The molecule has 1 fully saturated rings. The van der Waals surface area contributed by atoms with E-state index in [-0.39, 0.29) is 0 Å². The van der Waals surface area contributed by atoms with Gasteiger partial charge in [-0.05, 0) is 25.2 Å². The van der Waals surface area contributed by atoms with Crippen molar-refractivity contribution < 1.29 is 0 Å². The summed E-state index contributed by atoms with van der Waals surface area (Å²) in [6.45, 7) is 2.14. The summed E-state index contributed by atoms with van der Waals surface area (Å²) in [4.78, 5) is 0. The van der Waals surface area contributed by atoms with E-state index in [1.807, 2.05) is 0 Å². The summed E-state index contributed by atoms with van der Waals surface area (Å²) in [6, 6.07) is 0. The van der Waals surface area contributed by atoms with Crippen LogP contribution in [0.3, 0.4) is 0 Å². The molecule has 0 bridgehead atoms. The molecule has 1 heterocycles. The van der Waals surface area contributed by atoms with Crippen LogP contribution in [-0.4, -0.2) is 10.2 Å². The third kappa shape index (κ3) is 2.57. The van der Waals surface area contributed by atoms with Gasteiger partial charge in [-0.1, -0.05) is 39.0 Å². The zero-order chi connectivity index (χ0) is 11.4. The van der Waals surface area contributed by atoms with Crippen molar-refractivity contribution in [2.24, 2.45) is 5.92 Å². The van der Waals surface area contributed by atoms with Crippen molar-refractivity contribution in [3.05, 3.63) is 11.3 Å². The Balaban J connectivity index is 1.88. The Bertz CT molecular complexity index is 324. The lowest BCUT2D eigenvalue weighted by atomic mass is 9.85. The van der Waals surface area contributed by atoms with Gasteiger partial charge in [0, 0.05) is 11.3 Å². The molecule has 0 amide bonds. The normalized spacial score (nSPS) is 17.8. The molecular weight excluding hydrogens is 198 g/mol. The van der Waals surface area contributed by atoms with Crippen molar-refractivity contribution in [1.82, 2.24) is 10.2 Å². The second-order valence-electron chi connectivity index (χ2n) is 4.96. The highest BCUT2D eigenvalue weighted by Crippen LogP contribution is 2.28. The molecule has 3 heteroatoms. The number of nitrogen functional groups attached to an aromatic ring is 1. The standard InChI is InChI=1S/C13H23N3/c1-2-11-12(15-16-13(11)14)9-8-10-6-4-3-5-7-10/h10H,2-9H2,1H3,(H3,14,15,16). The van der Waals surface area contributed by atoms with Crippen LogP contribution in [0.25, 0.3) is 0 Å². The molecule has 16 heavy (non-hydrogen) atoms. The average Bonchev–Trinajstić information content (AvgIpc) is 2.68. The van der Waals surface area contributed by atoms with Crippen molar-refractivity contribution >= 4 is 5.82 Å². The van der Waals surface area contributed by atoms with Crippen LogP contribution in [0.5, 0.6) is 0 Å². The summed E-state index contributed by atoms with van der Waals surface area (Å²) >= 11 is 0. The monoisotopic (exact) mass is 221 g/mol. The first-order chi connectivity index (χ1) is 7.81. The summed E-state index contributed by atoms with van der Waals surface area (Å²) in [5.74, 6) is 1.63. The molecule has 2 rings (SSSR count). The van der Waals surface area contributed by atoms with Crippen LogP contribution in [-0.2, 0) is 12.8 Å². The molecule has 0 aliphatic heterocycles. The summed E-state index contributed by atoms with van der Waals surface area (Å²) in [7, 11) is 0. The fourth-order valence-electron chi connectivity index (χ4n) is 2.84. The Morgan fingerprint density at radius 3 is 2.75 bits per heavy atom. The number of rotatable bonds is 4. The third-order valence-corrected chi connectivity index (χ3v) is 3.87. The minimum Gasteiger partial charge on any atom is -0.382 e. The maximum atomic E-state index is 5.82. The fourth-order valence-corrected chi connectivity index (χ4v) is 2.84. The van der Waals surface area contributed by atoms with E-state index in [1.54, 1.807) is 0 Å². The molecule has 0 unspecified atom stereocenters. The first-order valence-electron chi connectivity index (χ1n) is 6.62. The number of aromatic nitrogens is 2. The molecule has 0 atom stereocenters. The molecule has 90 valence electrons. The maximum absolute atomic E-state index is 5.82. The summed E-state index contributed by atoms with van der Waals surface area (Å²) < 4.78 is 0. The van der Waals surface area contributed by atoms with E-state index in [4.69, 9.17) is 5.73 Å². The van der Waals surface area contributed by atoms with Gasteiger partial charge in [-0.15, -0.1) is 0 Å². The number of anilines is 1. The first-order valence-corrected chi connectivity index (χ1v) is 6.62. The number of aryl methyl sites for hydroxylation is 1. The predicted molar refractivity (Wildman–Crippen MR) is 67.3 cm³/mol. The summed E-state index contributed by atoms with van der Waals surface area (Å²) in [6.07, 6.45) is 10.5. The zero-order valence-electron chi connectivity index (χ0n) is 10.3. The van der Waals surface area contributed by atoms with E-state index in [9.17, 15) is 0 Å². The van der Waals surface area contributed by atoms with Gasteiger partial charge in [-0.3, -0.25) is 5.10 Å². The Labute approximate surface area is 97.8 Å². The van der Waals surface area contributed by atoms with Crippen molar-refractivity contribution in [3.8, 4) is 0 Å². The molecule has 0 aromatic carbocycles. The smallest absolute Gasteiger partial charge is 0.148 e. The van der Waals surface area contributed by atoms with E-state index in [1.165, 1.54) is 49.8 Å². The van der Waals surface area contributed by atoms with Crippen molar-refractivity contribution in [2.45, 2.75) is 58.3 Å². The number of hydrogen-bond donors (Lipinski definition) is 2. The van der Waals surface area contributed by atoms with Crippen LogP contribution in [0.2, 0.25) is 0 Å². The molecule has 1 aromatic rings. The second-order valence-corrected chi connectivity index (χ2v) is 4.96. The number of nitrogens with one attached hydrogen (secondary N) is 1. The van der Waals surface area contributed by atoms with Crippen LogP contribution >= 0.6 is 0 Å². The third-order valence-electron chi connectivity index (χ3n) is 3.87. The number of nitrogens with two attached hydrogens (primary N) is 1. The lowest BCUT2D eigenvalue weighted by Crippen LogP contribution is -2.08. The number of nitrogens with zero attached hydrogens (tertiary/aromatic N) is 1. The van der Waals surface area contributed by atoms with Gasteiger partial charge in [-0.25, -0.2) is 0 Å². The van der Waals surface area contributed by atoms with Gasteiger partial charge in [0.15, 0.2) is 0 Å². The molecule has 3 N–H and O–H groups in total. The van der Waals surface area contributed by atoms with E-state index < -0.39 is 0 Å². The van der Waals surface area contributed by atoms with Gasteiger partial charge in [0.05, 0.1) is 0 Å². The van der Waals surface area contributed by atoms with E-state index in [0.29, 0.717) is 5.82 Å². The zero-order valence-corrected chi connectivity index (χ0v) is 10.3. The van der Waals surface area contributed by atoms with Crippen LogP contribution in [0.15, 0.2) is 0 Å². The minimum absolute atomic E-state index is 0.696. The number of hydrogen-bond acceptors (Lipinski definition) is 2. The van der Waals surface area contributed by atoms with Crippen LogP contribution < -0.4 is 5.73 Å². The largest absolute Gasteiger partial charge is 0.382 e. The van der Waals surface area contributed by atoms with Crippen molar-refractivity contribution in [1.29, 1.82) is 0 Å². The Morgan fingerprint density at radius 2 is 2.06 bits per heavy atom. The maximum Gasteiger partial charge on any atom is 0.148 e. The molecule has 1 saturated carbocycles. The first kappa shape index (κ1) is 11.5. The molecule has 0 saturated heterocycles. The summed E-state index contributed by atoms with van der Waals surface area (Å²) in [5.41, 5.74) is 8.32. The highest BCUT2D eigenvalue weighted by atomic mass is 15.2. The van der Waals surface area contributed by atoms with Crippen LogP contribution in [0.1, 0.15) is 56.7 Å². The van der Waals surface area contributed by atoms with Crippen LogP contribution in [0.4, 0.5) is 5.82 Å². The average molecular weight is 221 g/mol. The molecule has 1 aliphatic rings. The van der Waals surface area contributed by atoms with E-state index in [0.717, 1.165) is 18.8 Å². The molecule has 0 spiro atoms. The molecule has 3 nitrogen and oxygen atoms in total. The Morgan fingerprint density at radius 1 is 1.31 bits per heavy atom. The molecule has 1 aromatic heterocycles. The molecule has 0 radical (unpaired) electrons. The van der Waals surface area contributed by atoms with Gasteiger partial charge < -0.3 is 5.73 Å². The fraction of sp³-hybridized carbons (Fsp3) is 0.769. The van der Waals surface area contributed by atoms with Gasteiger partial charge in [-0.2, -0.15) is 5.10 Å². The second kappa shape index (κ2) is 5.37. The predicted octanol–water partition coefficient (Wildman–Crippen LogP) is 3.07. The van der Waals surface area contributed by atoms with Gasteiger partial charge in [0.25, 0.3) is 0 Å². The van der Waals surface area contributed by atoms with Crippen LogP contribution in [0, 0.1) is 5.92 Å². The van der Waals surface area contributed by atoms with Gasteiger partial charge in [0.1, 0.15) is 5.82 Å². The molecule has 1 aliphatic carbocycles. The Hall–Kier alpha value is -0.990. The topological polar surface area (TPSA) is 54.7 Å². The Kier molecular flexibility index (Phi) is 3.86. The highest BCUT2D eigenvalue weighted by molar-refractivity contribution is 5.41. The van der Waals surface area contributed by atoms with Crippen molar-refractivity contribution in [2.75, 3.05) is 5.73 Å². The lowest BCUT2D eigenvalue weighted by Gasteiger charge is -2.21. The minimum atomic E-state index is 0.696. The quantitative estimate of drug-likeness (QED) is 0.821. The van der Waals surface area contributed by atoms with E-state index >= 15 is 0 Å². The SMILES string of the molecule is CCc1c(N)n[nH]c1CCC1CCCCC1. The molecular formula is C13H23N3. The highest BCUT2D eigenvalue weighted by Gasteiger charge is 2.15. The lowest BCUT2D eigenvalue weighted by molar-refractivity contribution is 0.338. The number of H-pyrrole nitrogens is 1. The van der Waals surface area contributed by atoms with E-state index in [2.05, 4.69) is 17.1 Å². The number of aromatic amines is 1. The summed E-state index contributed by atoms with van der Waals surface area (Å²) in [5, 5.41) is 7.19. The van der Waals surface area contributed by atoms with Crippen molar-refractivity contribution in [3.63, 3.8) is 0 Å². The van der Waals surface area contributed by atoms with Gasteiger partial charge in [0.2, 0.25) is 0 Å².